The number of aliphatic hydroxyl groups excluding tert-OH is 1. The number of hydrogen-bond donors (Lipinski definition) is 2. The minimum Gasteiger partial charge on any atom is -0.487 e. The van der Waals surface area contributed by atoms with Crippen molar-refractivity contribution in [3.63, 3.8) is 0 Å². The number of amides is 1. The second-order valence-electron chi connectivity index (χ2n) is 6.29. The summed E-state index contributed by atoms with van der Waals surface area (Å²) in [5.74, 6) is 0.792. The number of ether oxygens (including phenoxy) is 1. The highest BCUT2D eigenvalue weighted by molar-refractivity contribution is 5.73. The number of aliphatic hydroxyl groups is 1. The van der Waals surface area contributed by atoms with Gasteiger partial charge in [0.25, 0.3) is 0 Å². The molecule has 4 heteroatoms. The average molecular weight is 291 g/mol. The van der Waals surface area contributed by atoms with Crippen LogP contribution < -0.4 is 10.1 Å². The van der Waals surface area contributed by atoms with E-state index in [1.54, 1.807) is 6.92 Å². The Morgan fingerprint density at radius 2 is 2.24 bits per heavy atom. The van der Waals surface area contributed by atoms with Crippen molar-refractivity contribution in [2.24, 2.45) is 0 Å². The van der Waals surface area contributed by atoms with E-state index in [1.807, 2.05) is 19.1 Å². The van der Waals surface area contributed by atoms with Crippen molar-refractivity contribution in [2.75, 3.05) is 0 Å². The summed E-state index contributed by atoms with van der Waals surface area (Å²) in [4.78, 5) is 11.5. The Labute approximate surface area is 126 Å². The first-order chi connectivity index (χ1) is 9.75. The summed E-state index contributed by atoms with van der Waals surface area (Å²) in [5.41, 5.74) is 2.53. The molecule has 21 heavy (non-hydrogen) atoms. The molecule has 3 unspecified atom stereocenters. The lowest BCUT2D eigenvalue weighted by Gasteiger charge is -2.40. The molecule has 1 aromatic carbocycles. The third-order valence-corrected chi connectivity index (χ3v) is 4.29. The first-order valence-electron chi connectivity index (χ1n) is 7.54. The third-order valence-electron chi connectivity index (χ3n) is 4.29. The summed E-state index contributed by atoms with van der Waals surface area (Å²) in [7, 11) is 0. The lowest BCUT2D eigenvalue weighted by molar-refractivity contribution is -0.120. The second-order valence-corrected chi connectivity index (χ2v) is 6.29. The van der Waals surface area contributed by atoms with E-state index in [2.05, 4.69) is 19.2 Å². The number of rotatable bonds is 3. The summed E-state index contributed by atoms with van der Waals surface area (Å²) in [6.45, 7) is 9.43. The zero-order valence-corrected chi connectivity index (χ0v) is 13.5. The SMILES string of the molecule is CCC1(C)CC(NC(C)=O)c2cc(C(C)O)cc(C)c2O1. The fraction of sp³-hybridized carbons (Fsp3) is 0.588. The Morgan fingerprint density at radius 1 is 1.57 bits per heavy atom. The Morgan fingerprint density at radius 3 is 2.76 bits per heavy atom. The Kier molecular flexibility index (Phi) is 4.28. The van der Waals surface area contributed by atoms with Gasteiger partial charge in [0, 0.05) is 18.9 Å². The van der Waals surface area contributed by atoms with Gasteiger partial charge in [0.1, 0.15) is 11.4 Å². The number of nitrogens with one attached hydrogen (secondary N) is 1. The van der Waals surface area contributed by atoms with E-state index >= 15 is 0 Å². The molecule has 2 rings (SSSR count). The Balaban J connectivity index is 2.53. The summed E-state index contributed by atoms with van der Waals surface area (Å²) in [5, 5.41) is 12.9. The molecule has 3 atom stereocenters. The van der Waals surface area contributed by atoms with Gasteiger partial charge >= 0.3 is 0 Å². The Bertz CT molecular complexity index is 553. The van der Waals surface area contributed by atoms with Crippen molar-refractivity contribution >= 4 is 5.91 Å². The third kappa shape index (κ3) is 3.21. The van der Waals surface area contributed by atoms with E-state index in [9.17, 15) is 9.90 Å². The first-order valence-corrected chi connectivity index (χ1v) is 7.54. The first kappa shape index (κ1) is 15.8. The molecule has 0 aliphatic carbocycles. The fourth-order valence-electron chi connectivity index (χ4n) is 2.89. The molecule has 4 nitrogen and oxygen atoms in total. The number of aryl methyl sites for hydroxylation is 1. The molecule has 0 fully saturated rings. The van der Waals surface area contributed by atoms with Crippen LogP contribution in [-0.2, 0) is 4.79 Å². The van der Waals surface area contributed by atoms with Crippen LogP contribution in [-0.4, -0.2) is 16.6 Å². The lowest BCUT2D eigenvalue weighted by Crippen LogP contribution is -2.42. The van der Waals surface area contributed by atoms with E-state index in [4.69, 9.17) is 4.74 Å². The van der Waals surface area contributed by atoms with E-state index in [0.717, 1.165) is 35.3 Å². The Hall–Kier alpha value is -1.55. The van der Waals surface area contributed by atoms with Gasteiger partial charge in [-0.25, -0.2) is 0 Å². The van der Waals surface area contributed by atoms with Gasteiger partial charge < -0.3 is 15.2 Å². The van der Waals surface area contributed by atoms with Crippen LogP contribution in [0.2, 0.25) is 0 Å². The normalized spacial score (nSPS) is 25.7. The van der Waals surface area contributed by atoms with Crippen LogP contribution in [0.5, 0.6) is 5.75 Å². The van der Waals surface area contributed by atoms with Crippen molar-refractivity contribution < 1.29 is 14.6 Å². The molecule has 116 valence electrons. The van der Waals surface area contributed by atoms with Crippen molar-refractivity contribution in [1.82, 2.24) is 5.32 Å². The minimum absolute atomic E-state index is 0.0496. The van der Waals surface area contributed by atoms with E-state index in [-0.39, 0.29) is 17.6 Å². The highest BCUT2D eigenvalue weighted by atomic mass is 16.5. The largest absolute Gasteiger partial charge is 0.487 e. The van der Waals surface area contributed by atoms with Gasteiger partial charge in [-0.05, 0) is 50.5 Å². The van der Waals surface area contributed by atoms with E-state index in [0.29, 0.717) is 0 Å². The zero-order chi connectivity index (χ0) is 15.8. The van der Waals surface area contributed by atoms with Crippen molar-refractivity contribution in [3.8, 4) is 5.75 Å². The maximum Gasteiger partial charge on any atom is 0.217 e. The van der Waals surface area contributed by atoms with Gasteiger partial charge in [-0.1, -0.05) is 6.92 Å². The highest BCUT2D eigenvalue weighted by Crippen LogP contribution is 2.43. The molecule has 1 aliphatic heterocycles. The van der Waals surface area contributed by atoms with Crippen molar-refractivity contribution in [1.29, 1.82) is 0 Å². The van der Waals surface area contributed by atoms with Gasteiger partial charge in [-0.2, -0.15) is 0 Å². The van der Waals surface area contributed by atoms with Crippen LogP contribution in [0.15, 0.2) is 12.1 Å². The van der Waals surface area contributed by atoms with Crippen LogP contribution in [0.1, 0.15) is 69.4 Å². The fourth-order valence-corrected chi connectivity index (χ4v) is 2.89. The molecule has 1 heterocycles. The molecule has 0 aromatic heterocycles. The molecule has 0 radical (unpaired) electrons. The molecule has 0 saturated carbocycles. The quantitative estimate of drug-likeness (QED) is 0.899. The summed E-state index contributed by atoms with van der Waals surface area (Å²) >= 11 is 0. The summed E-state index contributed by atoms with van der Waals surface area (Å²) in [6, 6.07) is 3.83. The molecular weight excluding hydrogens is 266 g/mol. The predicted octanol–water partition coefficient (Wildman–Crippen LogP) is 3.18. The maximum absolute atomic E-state index is 11.5. The number of hydrogen-bond acceptors (Lipinski definition) is 3. The topological polar surface area (TPSA) is 58.6 Å². The van der Waals surface area contributed by atoms with Crippen LogP contribution in [0.25, 0.3) is 0 Å². The summed E-state index contributed by atoms with van der Waals surface area (Å²) in [6.07, 6.45) is 1.07. The molecule has 1 aliphatic rings. The van der Waals surface area contributed by atoms with Crippen LogP contribution >= 0.6 is 0 Å². The van der Waals surface area contributed by atoms with E-state index < -0.39 is 6.10 Å². The standard InChI is InChI=1S/C17H25NO3/c1-6-17(5)9-15(18-12(4)20)14-8-13(11(3)19)7-10(2)16(14)21-17/h7-8,11,15,19H,6,9H2,1-5H3,(H,18,20). The number of benzene rings is 1. The van der Waals surface area contributed by atoms with Crippen LogP contribution in [0.3, 0.4) is 0 Å². The lowest BCUT2D eigenvalue weighted by atomic mass is 9.84. The molecule has 1 aromatic rings. The zero-order valence-electron chi connectivity index (χ0n) is 13.5. The van der Waals surface area contributed by atoms with Gasteiger partial charge in [0.15, 0.2) is 0 Å². The maximum atomic E-state index is 11.5. The predicted molar refractivity (Wildman–Crippen MR) is 82.3 cm³/mol. The number of carbonyl (C=O) groups is 1. The molecule has 0 spiro atoms. The van der Waals surface area contributed by atoms with E-state index in [1.165, 1.54) is 6.92 Å². The monoisotopic (exact) mass is 291 g/mol. The van der Waals surface area contributed by atoms with Gasteiger partial charge in [0.2, 0.25) is 5.91 Å². The van der Waals surface area contributed by atoms with Gasteiger partial charge in [-0.3, -0.25) is 4.79 Å². The van der Waals surface area contributed by atoms with Crippen LogP contribution in [0, 0.1) is 6.92 Å². The number of carbonyl (C=O) groups excluding carboxylic acids is 1. The van der Waals surface area contributed by atoms with Gasteiger partial charge in [0.05, 0.1) is 12.1 Å². The average Bonchev–Trinajstić information content (AvgIpc) is 2.39. The molecule has 0 bridgehead atoms. The number of fused-ring (bicyclic) bond motifs is 1. The van der Waals surface area contributed by atoms with Crippen molar-refractivity contribution in [2.45, 2.75) is 65.2 Å². The van der Waals surface area contributed by atoms with Crippen molar-refractivity contribution in [3.05, 3.63) is 28.8 Å². The molecule has 2 N–H and O–H groups in total. The molecule has 0 saturated heterocycles. The smallest absolute Gasteiger partial charge is 0.217 e. The second kappa shape index (κ2) is 5.68. The van der Waals surface area contributed by atoms with Crippen LogP contribution in [0.4, 0.5) is 0 Å². The molecular formula is C17H25NO3. The summed E-state index contributed by atoms with van der Waals surface area (Å²) < 4.78 is 6.21. The minimum atomic E-state index is -0.536. The molecule has 1 amide bonds. The highest BCUT2D eigenvalue weighted by Gasteiger charge is 2.37. The van der Waals surface area contributed by atoms with Gasteiger partial charge in [-0.15, -0.1) is 0 Å².